The lowest BCUT2D eigenvalue weighted by molar-refractivity contribution is 0.0948. The number of halogens is 2. The fraction of sp³-hybridized carbons (Fsp3) is 0.375. The Balaban J connectivity index is 2.00. The second kappa shape index (κ2) is 8.43. The minimum Gasteiger partial charge on any atom is -0.491 e. The van der Waals surface area contributed by atoms with Crippen LogP contribution in [-0.4, -0.2) is 38.1 Å². The van der Waals surface area contributed by atoms with E-state index in [2.05, 4.69) is 26.2 Å². The van der Waals surface area contributed by atoms with Crippen molar-refractivity contribution >= 4 is 38.3 Å². The molecular formula is C16H19BrFN3O2S. The number of hydrogen-bond acceptors (Lipinski definition) is 5. The third-order valence-corrected chi connectivity index (χ3v) is 4.89. The molecule has 5 nitrogen and oxygen atoms in total. The Bertz CT molecular complexity index is 721. The Kier molecular flexibility index (Phi) is 6.56. The summed E-state index contributed by atoms with van der Waals surface area (Å²) in [6.07, 6.45) is 0.584. The maximum Gasteiger partial charge on any atom is 0.255 e. The van der Waals surface area contributed by atoms with E-state index in [1.807, 2.05) is 24.4 Å². The van der Waals surface area contributed by atoms with Crippen molar-refractivity contribution in [3.63, 3.8) is 0 Å². The minimum absolute atomic E-state index is 0.0480. The molecule has 8 heteroatoms. The average molecular weight is 416 g/mol. The molecule has 0 saturated carbocycles. The van der Waals surface area contributed by atoms with Crippen molar-refractivity contribution in [2.75, 3.05) is 32.1 Å². The molecule has 0 aliphatic rings. The lowest BCUT2D eigenvalue weighted by Gasteiger charge is -2.11. The van der Waals surface area contributed by atoms with Gasteiger partial charge in [-0.2, -0.15) is 0 Å². The second-order valence-corrected chi connectivity index (χ2v) is 6.88. The summed E-state index contributed by atoms with van der Waals surface area (Å²) < 4.78 is 20.0. The van der Waals surface area contributed by atoms with Gasteiger partial charge in [0, 0.05) is 36.9 Å². The number of carbonyl (C=O) groups excluding carboxylic acids is 1. The minimum atomic E-state index is -0.660. The van der Waals surface area contributed by atoms with E-state index in [4.69, 9.17) is 4.74 Å². The zero-order chi connectivity index (χ0) is 17.7. The normalized spacial score (nSPS) is 10.5. The average Bonchev–Trinajstić information content (AvgIpc) is 2.99. The maximum absolute atomic E-state index is 14.4. The van der Waals surface area contributed by atoms with Crippen LogP contribution in [0.25, 0.3) is 0 Å². The number of ether oxygens (including phenoxy) is 1. The zero-order valence-corrected chi connectivity index (χ0v) is 16.1. The summed E-state index contributed by atoms with van der Waals surface area (Å²) in [5.41, 5.74) is 0.847. The molecule has 0 bridgehead atoms. The van der Waals surface area contributed by atoms with Crippen LogP contribution in [0.3, 0.4) is 0 Å². The topological polar surface area (TPSA) is 54.5 Å². The molecule has 1 aromatic heterocycles. The van der Waals surface area contributed by atoms with E-state index in [0.717, 1.165) is 10.8 Å². The van der Waals surface area contributed by atoms with Crippen LogP contribution in [0.4, 0.5) is 9.52 Å². The van der Waals surface area contributed by atoms with Crippen LogP contribution in [0.5, 0.6) is 5.75 Å². The SMILES string of the molecule is CCOc1ccc(Br)c(C(=O)NCCc2csc(N(C)C)n2)c1F. The summed E-state index contributed by atoms with van der Waals surface area (Å²) in [6, 6.07) is 3.10. The van der Waals surface area contributed by atoms with E-state index in [0.29, 0.717) is 24.0 Å². The molecule has 0 aliphatic heterocycles. The Morgan fingerprint density at radius 1 is 1.46 bits per heavy atom. The van der Waals surface area contributed by atoms with Crippen molar-refractivity contribution in [2.24, 2.45) is 0 Å². The molecule has 0 unspecified atom stereocenters. The largest absolute Gasteiger partial charge is 0.491 e. The highest BCUT2D eigenvalue weighted by Crippen LogP contribution is 2.27. The van der Waals surface area contributed by atoms with Gasteiger partial charge in [-0.05, 0) is 35.0 Å². The highest BCUT2D eigenvalue weighted by molar-refractivity contribution is 9.10. The summed E-state index contributed by atoms with van der Waals surface area (Å²) in [7, 11) is 3.85. The lowest BCUT2D eigenvalue weighted by Crippen LogP contribution is -2.27. The van der Waals surface area contributed by atoms with Gasteiger partial charge in [0.2, 0.25) is 0 Å². The molecule has 24 heavy (non-hydrogen) atoms. The number of carbonyl (C=O) groups is 1. The van der Waals surface area contributed by atoms with Gasteiger partial charge in [-0.3, -0.25) is 4.79 Å². The quantitative estimate of drug-likeness (QED) is 0.751. The van der Waals surface area contributed by atoms with Crippen molar-refractivity contribution in [3.05, 3.63) is 39.1 Å². The van der Waals surface area contributed by atoms with Crippen molar-refractivity contribution < 1.29 is 13.9 Å². The first-order valence-corrected chi connectivity index (χ1v) is 9.12. The zero-order valence-electron chi connectivity index (χ0n) is 13.7. The predicted molar refractivity (Wildman–Crippen MR) is 97.7 cm³/mol. The lowest BCUT2D eigenvalue weighted by atomic mass is 10.2. The standard InChI is InChI=1S/C16H19BrFN3O2S/c1-4-23-12-6-5-11(17)13(14(12)18)15(22)19-8-7-10-9-24-16(20-10)21(2)3/h5-6,9H,4,7-8H2,1-3H3,(H,19,22). The second-order valence-electron chi connectivity index (χ2n) is 5.19. The smallest absolute Gasteiger partial charge is 0.255 e. The summed E-state index contributed by atoms with van der Waals surface area (Å²) in [5.74, 6) is -1.07. The number of thiazole rings is 1. The highest BCUT2D eigenvalue weighted by Gasteiger charge is 2.19. The molecule has 2 rings (SSSR count). The number of anilines is 1. The van der Waals surface area contributed by atoms with Gasteiger partial charge in [-0.15, -0.1) is 11.3 Å². The van der Waals surface area contributed by atoms with E-state index in [1.54, 1.807) is 24.3 Å². The monoisotopic (exact) mass is 415 g/mol. The van der Waals surface area contributed by atoms with E-state index in [-0.39, 0.29) is 11.3 Å². The van der Waals surface area contributed by atoms with Crippen LogP contribution < -0.4 is 15.0 Å². The first-order valence-electron chi connectivity index (χ1n) is 7.44. The molecule has 0 spiro atoms. The van der Waals surface area contributed by atoms with Crippen molar-refractivity contribution in [1.82, 2.24) is 10.3 Å². The van der Waals surface area contributed by atoms with Gasteiger partial charge < -0.3 is 15.0 Å². The van der Waals surface area contributed by atoms with Gasteiger partial charge in [-0.25, -0.2) is 9.37 Å². The van der Waals surface area contributed by atoms with Gasteiger partial charge in [0.15, 0.2) is 16.7 Å². The molecule has 1 aromatic carbocycles. The molecule has 130 valence electrons. The van der Waals surface area contributed by atoms with Crippen LogP contribution in [0.2, 0.25) is 0 Å². The third kappa shape index (κ3) is 4.45. The third-order valence-electron chi connectivity index (χ3n) is 3.17. The van der Waals surface area contributed by atoms with Crippen LogP contribution >= 0.6 is 27.3 Å². The molecule has 1 heterocycles. The number of nitrogens with zero attached hydrogens (tertiary/aromatic N) is 2. The van der Waals surface area contributed by atoms with Gasteiger partial charge >= 0.3 is 0 Å². The van der Waals surface area contributed by atoms with E-state index in [9.17, 15) is 9.18 Å². The molecule has 1 N–H and O–H groups in total. The Hall–Kier alpha value is -1.67. The summed E-state index contributed by atoms with van der Waals surface area (Å²) >= 11 is 4.76. The Labute approximate surface area is 153 Å². The Morgan fingerprint density at radius 2 is 2.21 bits per heavy atom. The molecule has 0 aliphatic carbocycles. The number of amides is 1. The van der Waals surface area contributed by atoms with Crippen LogP contribution in [0.1, 0.15) is 23.0 Å². The maximum atomic E-state index is 14.4. The Morgan fingerprint density at radius 3 is 2.83 bits per heavy atom. The summed E-state index contributed by atoms with van der Waals surface area (Å²) in [6.45, 7) is 2.47. The number of hydrogen-bond donors (Lipinski definition) is 1. The van der Waals surface area contributed by atoms with E-state index < -0.39 is 11.7 Å². The predicted octanol–water partition coefficient (Wildman–Crippen LogP) is 3.48. The number of rotatable bonds is 7. The highest BCUT2D eigenvalue weighted by atomic mass is 79.9. The molecule has 0 saturated heterocycles. The molecule has 0 fully saturated rings. The van der Waals surface area contributed by atoms with Crippen LogP contribution in [0, 0.1) is 5.82 Å². The van der Waals surface area contributed by atoms with Gasteiger partial charge in [0.05, 0.1) is 17.9 Å². The van der Waals surface area contributed by atoms with Crippen molar-refractivity contribution in [2.45, 2.75) is 13.3 Å². The summed E-state index contributed by atoms with van der Waals surface area (Å²) in [5, 5.41) is 5.59. The molecule has 2 aromatic rings. The number of benzene rings is 1. The first kappa shape index (κ1) is 18.7. The molecule has 1 amide bonds. The van der Waals surface area contributed by atoms with Gasteiger partial charge in [0.1, 0.15) is 0 Å². The van der Waals surface area contributed by atoms with Crippen LogP contribution in [0.15, 0.2) is 22.0 Å². The van der Waals surface area contributed by atoms with Crippen LogP contribution in [-0.2, 0) is 6.42 Å². The molecular weight excluding hydrogens is 397 g/mol. The number of aromatic nitrogens is 1. The molecule has 0 atom stereocenters. The van der Waals surface area contributed by atoms with E-state index in [1.165, 1.54) is 6.07 Å². The van der Waals surface area contributed by atoms with Gasteiger partial charge in [0.25, 0.3) is 5.91 Å². The van der Waals surface area contributed by atoms with Crippen molar-refractivity contribution in [1.29, 1.82) is 0 Å². The first-order chi connectivity index (χ1) is 11.4. The fourth-order valence-corrected chi connectivity index (χ4v) is 3.30. The number of nitrogens with one attached hydrogen (secondary N) is 1. The van der Waals surface area contributed by atoms with Gasteiger partial charge in [-0.1, -0.05) is 0 Å². The summed E-state index contributed by atoms with van der Waals surface area (Å²) in [4.78, 5) is 18.7. The van der Waals surface area contributed by atoms with E-state index >= 15 is 0 Å². The molecule has 0 radical (unpaired) electrons. The fourth-order valence-electron chi connectivity index (χ4n) is 2.02. The van der Waals surface area contributed by atoms with Crippen molar-refractivity contribution in [3.8, 4) is 5.75 Å².